The van der Waals surface area contributed by atoms with Gasteiger partial charge in [0.25, 0.3) is 0 Å². The summed E-state index contributed by atoms with van der Waals surface area (Å²) in [7, 11) is 2.15. The molecular weight excluding hydrogens is 316 g/mol. The van der Waals surface area contributed by atoms with Crippen LogP contribution >= 0.6 is 0 Å². The van der Waals surface area contributed by atoms with E-state index in [0.717, 1.165) is 6.67 Å². The summed E-state index contributed by atoms with van der Waals surface area (Å²) >= 11 is 0. The monoisotopic (exact) mass is 350 g/mol. The second kappa shape index (κ2) is 15.3. The van der Waals surface area contributed by atoms with Crippen LogP contribution < -0.4 is 21.9 Å². The molecule has 1 unspecified atom stereocenters. The lowest BCUT2D eigenvalue weighted by atomic mass is 10.1. The minimum Gasteiger partial charge on any atom is -1.00 e. The van der Waals surface area contributed by atoms with Crippen LogP contribution in [0.3, 0.4) is 0 Å². The van der Waals surface area contributed by atoms with E-state index in [-0.39, 0.29) is 22.5 Å². The van der Waals surface area contributed by atoms with E-state index >= 15 is 0 Å². The lowest BCUT2D eigenvalue weighted by Gasteiger charge is -2.12. The summed E-state index contributed by atoms with van der Waals surface area (Å²) in [5.41, 5.74) is 0. The number of halogens is 1. The number of hydrogen-bond acceptors (Lipinski definition) is 1. The molecule has 4 heteroatoms. The van der Waals surface area contributed by atoms with E-state index in [1.165, 1.54) is 70.8 Å². The quantitative estimate of drug-likeness (QED) is 0.494. The molecule has 1 heterocycles. The Kier molecular flexibility index (Phi) is 17.0. The van der Waals surface area contributed by atoms with Crippen molar-refractivity contribution in [3.05, 3.63) is 12.4 Å². The van der Waals surface area contributed by atoms with Gasteiger partial charge in [-0.1, -0.05) is 58.3 Å². The first-order valence-electron chi connectivity index (χ1n) is 8.06. The third-order valence-electron chi connectivity index (χ3n) is 3.87. The fraction of sp³-hybridized carbons (Fsp3) is 0.875. The number of nitrogens with zero attached hydrogens (tertiary/aromatic N) is 1. The Bertz CT molecular complexity index is 225. The van der Waals surface area contributed by atoms with Crippen molar-refractivity contribution in [2.24, 2.45) is 0 Å². The highest BCUT2D eigenvalue weighted by molar-refractivity contribution is 4.74. The molecule has 122 valence electrons. The summed E-state index contributed by atoms with van der Waals surface area (Å²) in [6, 6.07) is 0. The Labute approximate surface area is 136 Å². The Morgan fingerprint density at radius 3 is 1.85 bits per heavy atom. The third-order valence-corrected chi connectivity index (χ3v) is 3.87. The fourth-order valence-electron chi connectivity index (χ4n) is 2.66. The molecule has 0 saturated carbocycles. The van der Waals surface area contributed by atoms with Gasteiger partial charge in [0.15, 0.2) is 6.67 Å². The second-order valence-electron chi connectivity index (χ2n) is 5.82. The summed E-state index contributed by atoms with van der Waals surface area (Å²) in [6.45, 7) is 4.77. The normalized spacial score (nSPS) is 16.9. The molecule has 0 radical (unpaired) electrons. The number of unbranched alkanes of at least 4 members (excludes halogenated alkanes) is 9. The van der Waals surface area contributed by atoms with Crippen molar-refractivity contribution in [3.8, 4) is 0 Å². The molecule has 0 aromatic rings. The van der Waals surface area contributed by atoms with Crippen LogP contribution in [0.1, 0.15) is 71.1 Å². The van der Waals surface area contributed by atoms with Crippen molar-refractivity contribution < 1.29 is 27.4 Å². The average molecular weight is 351 g/mol. The summed E-state index contributed by atoms with van der Waals surface area (Å²) in [4.78, 5) is 3.89. The molecule has 0 saturated heterocycles. The van der Waals surface area contributed by atoms with Crippen LogP contribution in [0.2, 0.25) is 0 Å². The van der Waals surface area contributed by atoms with Gasteiger partial charge in [-0.3, -0.25) is 4.90 Å². The van der Waals surface area contributed by atoms with Crippen LogP contribution in [0.15, 0.2) is 12.4 Å². The summed E-state index contributed by atoms with van der Waals surface area (Å²) in [5.74, 6) is 0. The first-order chi connectivity index (χ1) is 8.83. The van der Waals surface area contributed by atoms with Crippen molar-refractivity contribution >= 4 is 0 Å². The van der Waals surface area contributed by atoms with Crippen LogP contribution in [0, 0.1) is 0 Å². The molecule has 0 aromatic heterocycles. The average Bonchev–Trinajstić information content (AvgIpc) is 2.77. The summed E-state index contributed by atoms with van der Waals surface area (Å²) in [6.07, 6.45) is 18.9. The zero-order valence-electron chi connectivity index (χ0n) is 13.5. The number of quaternary nitrogens is 1. The molecular formula is C16H35BrN2O. The van der Waals surface area contributed by atoms with E-state index in [1.807, 2.05) is 0 Å². The summed E-state index contributed by atoms with van der Waals surface area (Å²) in [5, 5.41) is 0. The van der Waals surface area contributed by atoms with E-state index in [4.69, 9.17) is 0 Å². The SMILES string of the molecule is CCCCCCCCCCCC[NH+]1C=CN(C)C1.O.[Br-]. The van der Waals surface area contributed by atoms with Gasteiger partial charge in [0, 0.05) is 7.05 Å². The molecule has 0 aliphatic carbocycles. The van der Waals surface area contributed by atoms with Crippen molar-refractivity contribution in [2.75, 3.05) is 20.3 Å². The fourth-order valence-corrected chi connectivity index (χ4v) is 2.66. The lowest BCUT2D eigenvalue weighted by Crippen LogP contribution is -3.07. The smallest absolute Gasteiger partial charge is 0.156 e. The molecule has 0 bridgehead atoms. The van der Waals surface area contributed by atoms with Crippen LogP contribution in [0.4, 0.5) is 0 Å². The predicted octanol–water partition coefficient (Wildman–Crippen LogP) is -0.654. The molecule has 1 rings (SSSR count). The molecule has 1 atom stereocenters. The number of hydrogen-bond donors (Lipinski definition) is 1. The van der Waals surface area contributed by atoms with Crippen molar-refractivity contribution in [1.82, 2.24) is 4.90 Å². The predicted molar refractivity (Wildman–Crippen MR) is 83.1 cm³/mol. The highest BCUT2D eigenvalue weighted by Crippen LogP contribution is 2.10. The maximum atomic E-state index is 2.30. The number of nitrogens with one attached hydrogen (secondary N) is 1. The van der Waals surface area contributed by atoms with E-state index in [9.17, 15) is 0 Å². The van der Waals surface area contributed by atoms with Crippen molar-refractivity contribution in [1.29, 1.82) is 0 Å². The van der Waals surface area contributed by atoms with Gasteiger partial charge in [-0.15, -0.1) is 0 Å². The largest absolute Gasteiger partial charge is 1.00 e. The van der Waals surface area contributed by atoms with Gasteiger partial charge < -0.3 is 27.4 Å². The first kappa shape index (κ1) is 22.2. The summed E-state index contributed by atoms with van der Waals surface area (Å²) < 4.78 is 0. The highest BCUT2D eigenvalue weighted by Gasteiger charge is 2.12. The van der Waals surface area contributed by atoms with Crippen LogP contribution in [0.5, 0.6) is 0 Å². The van der Waals surface area contributed by atoms with Gasteiger partial charge in [-0.05, 0) is 12.8 Å². The van der Waals surface area contributed by atoms with Crippen LogP contribution in [-0.4, -0.2) is 30.6 Å². The van der Waals surface area contributed by atoms with Crippen LogP contribution in [-0.2, 0) is 0 Å². The van der Waals surface area contributed by atoms with Gasteiger partial charge in [0.1, 0.15) is 6.20 Å². The van der Waals surface area contributed by atoms with Gasteiger partial charge in [0.2, 0.25) is 0 Å². The maximum Gasteiger partial charge on any atom is 0.156 e. The minimum atomic E-state index is 0. The van der Waals surface area contributed by atoms with Crippen LogP contribution in [0.25, 0.3) is 0 Å². The highest BCUT2D eigenvalue weighted by atomic mass is 79.9. The topological polar surface area (TPSA) is 39.2 Å². The number of rotatable bonds is 11. The molecule has 0 spiro atoms. The maximum absolute atomic E-state index is 2.30. The van der Waals surface area contributed by atoms with Gasteiger partial charge >= 0.3 is 0 Å². The van der Waals surface area contributed by atoms with Gasteiger partial charge in [-0.25, -0.2) is 0 Å². The first-order valence-corrected chi connectivity index (χ1v) is 8.06. The third kappa shape index (κ3) is 11.7. The Morgan fingerprint density at radius 2 is 1.40 bits per heavy atom. The molecule has 0 amide bonds. The molecule has 3 N–H and O–H groups in total. The zero-order chi connectivity index (χ0) is 13.1. The molecule has 0 aromatic carbocycles. The standard InChI is InChI=1S/C16H32N2.BrH.H2O/c1-3-4-5-6-7-8-9-10-11-12-13-18-15-14-17(2)16-18;;/h14-15H,3-13,16H2,1-2H3;1H;1H2. The molecule has 0 fully saturated rings. The zero-order valence-corrected chi connectivity index (χ0v) is 15.1. The Hall–Kier alpha value is -0.0600. The van der Waals surface area contributed by atoms with E-state index in [2.05, 4.69) is 31.3 Å². The van der Waals surface area contributed by atoms with Gasteiger partial charge in [0.05, 0.1) is 12.7 Å². The lowest BCUT2D eigenvalue weighted by molar-refractivity contribution is -0.848. The Balaban J connectivity index is 0. The molecule has 20 heavy (non-hydrogen) atoms. The van der Waals surface area contributed by atoms with E-state index < -0.39 is 0 Å². The Morgan fingerprint density at radius 1 is 0.900 bits per heavy atom. The van der Waals surface area contributed by atoms with Crippen molar-refractivity contribution in [2.45, 2.75) is 71.1 Å². The van der Waals surface area contributed by atoms with Crippen molar-refractivity contribution in [3.63, 3.8) is 0 Å². The second-order valence-corrected chi connectivity index (χ2v) is 5.82. The molecule has 1 aliphatic heterocycles. The molecule has 3 nitrogen and oxygen atoms in total. The minimum absolute atomic E-state index is 0. The van der Waals surface area contributed by atoms with Gasteiger partial charge in [-0.2, -0.15) is 0 Å². The van der Waals surface area contributed by atoms with E-state index in [1.54, 1.807) is 4.90 Å². The van der Waals surface area contributed by atoms with E-state index in [0.29, 0.717) is 0 Å². The molecule has 1 aliphatic rings.